The number of amides is 2. The molecule has 0 radical (unpaired) electrons. The van der Waals surface area contributed by atoms with Gasteiger partial charge in [0.25, 0.3) is 0 Å². The first-order chi connectivity index (χ1) is 22.6. The van der Waals surface area contributed by atoms with E-state index in [9.17, 15) is 14.7 Å². The van der Waals surface area contributed by atoms with Crippen molar-refractivity contribution in [2.45, 2.75) is 39.6 Å². The van der Waals surface area contributed by atoms with Gasteiger partial charge in [-0.3, -0.25) is 5.43 Å². The number of carbonyl (C=O) groups excluding carboxylic acids is 2. The highest BCUT2D eigenvalue weighted by molar-refractivity contribution is 6.35. The van der Waals surface area contributed by atoms with E-state index < -0.39 is 24.3 Å². The zero-order chi connectivity index (χ0) is 33.7. The van der Waals surface area contributed by atoms with Crippen molar-refractivity contribution in [2.75, 3.05) is 20.3 Å². The maximum atomic E-state index is 12.5. The van der Waals surface area contributed by atoms with Crippen molar-refractivity contribution in [3.63, 3.8) is 0 Å². The van der Waals surface area contributed by atoms with Gasteiger partial charge in [-0.05, 0) is 62.2 Å². The molecule has 4 N–H and O–H groups in total. The summed E-state index contributed by atoms with van der Waals surface area (Å²) in [6, 6.07) is 17.3. The van der Waals surface area contributed by atoms with Gasteiger partial charge in [-0.15, -0.1) is 0 Å². The number of ether oxygens (including phenoxy) is 3. The second kappa shape index (κ2) is 14.8. The predicted octanol–water partition coefficient (Wildman–Crippen LogP) is 5.83. The summed E-state index contributed by atoms with van der Waals surface area (Å²) >= 11 is 12.6. The highest BCUT2D eigenvalue weighted by atomic mass is 35.5. The zero-order valence-electron chi connectivity index (χ0n) is 26.3. The number of aliphatic hydroxyl groups is 1. The monoisotopic (exact) mass is 679 g/mol. The van der Waals surface area contributed by atoms with E-state index in [2.05, 4.69) is 25.7 Å². The topological polar surface area (TPSA) is 135 Å². The Balaban J connectivity index is 1.29. The number of nitrogens with one attached hydrogen (secondary N) is 3. The quantitative estimate of drug-likeness (QED) is 0.0641. The summed E-state index contributed by atoms with van der Waals surface area (Å²) in [5.74, 6) is 0.166. The molecule has 0 unspecified atom stereocenters. The number of aliphatic hydroxyl groups excluding tert-OH is 1. The summed E-state index contributed by atoms with van der Waals surface area (Å²) in [6.07, 6.45) is 0.519. The van der Waals surface area contributed by atoms with E-state index in [-0.39, 0.29) is 12.2 Å². The van der Waals surface area contributed by atoms with Crippen molar-refractivity contribution in [1.29, 1.82) is 0 Å². The minimum Gasteiger partial charge on any atom is -0.490 e. The molecule has 2 amide bonds. The number of allylic oxidation sites excluding steroid dienone is 1. The number of esters is 1. The first-order valence-corrected chi connectivity index (χ1v) is 15.6. The first-order valence-electron chi connectivity index (χ1n) is 14.9. The number of hydrogen-bond acceptors (Lipinski definition) is 8. The Morgan fingerprint density at radius 2 is 1.89 bits per heavy atom. The standard InChI is InChI=1S/C34H35Cl2N5O6/c1-5-46-29-14-21(32-31(33(43)45-4)19(2)38-34(44)39-32)11-13-28(29)47-18-30(42)40-37-16-25-20(3)41(27-9-7-6-8-24(25)27)17-22-10-12-23(35)15-26(22)36/h6-16,30,32,40,42H,5,17-18H2,1-4H3,(H2,38,39,44)/b37-16+/t30-,32+/m1/s1. The number of aromatic nitrogens is 1. The van der Waals surface area contributed by atoms with Crippen molar-refractivity contribution in [2.24, 2.45) is 5.10 Å². The van der Waals surface area contributed by atoms with Gasteiger partial charge in [0.2, 0.25) is 0 Å². The third-order valence-electron chi connectivity index (χ3n) is 7.71. The molecule has 0 saturated heterocycles. The molecule has 13 heteroatoms. The van der Waals surface area contributed by atoms with Crippen LogP contribution in [-0.2, 0) is 16.1 Å². The molecule has 0 spiro atoms. The zero-order valence-corrected chi connectivity index (χ0v) is 27.8. The van der Waals surface area contributed by atoms with Crippen LogP contribution in [-0.4, -0.2) is 54.4 Å². The Morgan fingerprint density at radius 1 is 1.11 bits per heavy atom. The Kier molecular flexibility index (Phi) is 10.6. The van der Waals surface area contributed by atoms with Crippen molar-refractivity contribution in [3.05, 3.63) is 104 Å². The van der Waals surface area contributed by atoms with Crippen LogP contribution in [0.1, 0.15) is 42.3 Å². The second-order valence-electron chi connectivity index (χ2n) is 10.8. The van der Waals surface area contributed by atoms with Crippen molar-refractivity contribution < 1.29 is 28.9 Å². The third-order valence-corrected chi connectivity index (χ3v) is 8.30. The van der Waals surface area contributed by atoms with Gasteiger partial charge in [0.05, 0.1) is 31.5 Å². The molecule has 1 aromatic heterocycles. The van der Waals surface area contributed by atoms with Gasteiger partial charge in [0.15, 0.2) is 17.7 Å². The third kappa shape index (κ3) is 7.48. The van der Waals surface area contributed by atoms with Gasteiger partial charge in [0.1, 0.15) is 6.61 Å². The fourth-order valence-electron chi connectivity index (χ4n) is 5.45. The average Bonchev–Trinajstić information content (AvgIpc) is 3.31. The number of hydrogen-bond donors (Lipinski definition) is 4. The molecule has 47 heavy (non-hydrogen) atoms. The van der Waals surface area contributed by atoms with Gasteiger partial charge in [0, 0.05) is 44.4 Å². The molecular weight excluding hydrogens is 645 g/mol. The maximum absolute atomic E-state index is 12.5. The summed E-state index contributed by atoms with van der Waals surface area (Å²) in [5, 5.41) is 22.5. The number of rotatable bonds is 12. The number of nitrogens with zero attached hydrogens (tertiary/aromatic N) is 2. The average molecular weight is 681 g/mol. The number of para-hydroxylation sites is 1. The number of fused-ring (bicyclic) bond motifs is 1. The van der Waals surface area contributed by atoms with Crippen LogP contribution in [0, 0.1) is 6.92 Å². The SMILES string of the molecule is CCOc1cc([C@@H]2NC(=O)NC(C)=C2C(=O)OC)ccc1OC[C@@H](O)N/N=C/c1c(C)n(Cc2ccc(Cl)cc2Cl)c2ccccc12. The van der Waals surface area contributed by atoms with Crippen LogP contribution in [0.3, 0.4) is 0 Å². The number of hydrazone groups is 1. The molecule has 2 atom stereocenters. The van der Waals surface area contributed by atoms with E-state index in [1.165, 1.54) is 7.11 Å². The smallest absolute Gasteiger partial charge is 0.337 e. The van der Waals surface area contributed by atoms with Gasteiger partial charge < -0.3 is 34.5 Å². The normalized spacial score (nSPS) is 15.4. The van der Waals surface area contributed by atoms with Crippen LogP contribution in [0.25, 0.3) is 10.9 Å². The van der Waals surface area contributed by atoms with Crippen molar-refractivity contribution >= 4 is 52.3 Å². The largest absolute Gasteiger partial charge is 0.490 e. The fourth-order valence-corrected chi connectivity index (χ4v) is 5.92. The Hall–Kier alpha value is -4.71. The lowest BCUT2D eigenvalue weighted by molar-refractivity contribution is -0.136. The molecule has 2 heterocycles. The summed E-state index contributed by atoms with van der Waals surface area (Å²) in [6.45, 7) is 6.19. The molecule has 0 aliphatic carbocycles. The molecule has 246 valence electrons. The van der Waals surface area contributed by atoms with E-state index >= 15 is 0 Å². The van der Waals surface area contributed by atoms with Crippen LogP contribution in [0.2, 0.25) is 10.0 Å². The minimum absolute atomic E-state index is 0.150. The lowest BCUT2D eigenvalue weighted by Crippen LogP contribution is -2.45. The number of halogens is 2. The predicted molar refractivity (Wildman–Crippen MR) is 181 cm³/mol. The summed E-state index contributed by atoms with van der Waals surface area (Å²) < 4.78 is 18.8. The highest BCUT2D eigenvalue weighted by Crippen LogP contribution is 2.35. The van der Waals surface area contributed by atoms with E-state index in [0.29, 0.717) is 46.0 Å². The van der Waals surface area contributed by atoms with Crippen LogP contribution >= 0.6 is 23.2 Å². The highest BCUT2D eigenvalue weighted by Gasteiger charge is 2.32. The Morgan fingerprint density at radius 3 is 2.64 bits per heavy atom. The van der Waals surface area contributed by atoms with Crippen LogP contribution in [0.15, 0.2) is 77.0 Å². The van der Waals surface area contributed by atoms with E-state index in [0.717, 1.165) is 27.7 Å². The van der Waals surface area contributed by atoms with E-state index in [4.69, 9.17) is 37.4 Å². The molecule has 1 aliphatic rings. The van der Waals surface area contributed by atoms with Crippen LogP contribution < -0.4 is 25.5 Å². The van der Waals surface area contributed by atoms with Gasteiger partial charge in [-0.25, -0.2) is 9.59 Å². The molecular formula is C34H35Cl2N5O6. The molecule has 3 aromatic carbocycles. The molecule has 0 fully saturated rings. The van der Waals surface area contributed by atoms with E-state index in [1.54, 1.807) is 37.4 Å². The summed E-state index contributed by atoms with van der Waals surface area (Å²) in [5.41, 5.74) is 7.78. The van der Waals surface area contributed by atoms with Crippen molar-refractivity contribution in [3.8, 4) is 11.5 Å². The summed E-state index contributed by atoms with van der Waals surface area (Å²) in [7, 11) is 1.28. The molecule has 0 bridgehead atoms. The van der Waals surface area contributed by atoms with Crippen molar-refractivity contribution in [1.82, 2.24) is 20.6 Å². The summed E-state index contributed by atoms with van der Waals surface area (Å²) in [4.78, 5) is 24.7. The minimum atomic E-state index is -1.15. The molecule has 5 rings (SSSR count). The number of carbonyl (C=O) groups is 2. The maximum Gasteiger partial charge on any atom is 0.337 e. The Labute approximate surface area is 282 Å². The fraction of sp³-hybridized carbons (Fsp3) is 0.265. The van der Waals surface area contributed by atoms with E-state index in [1.807, 2.05) is 50.2 Å². The molecule has 4 aromatic rings. The lowest BCUT2D eigenvalue weighted by atomic mass is 9.95. The Bertz CT molecular complexity index is 1870. The molecule has 11 nitrogen and oxygen atoms in total. The van der Waals surface area contributed by atoms with Gasteiger partial charge in [-0.2, -0.15) is 5.10 Å². The van der Waals surface area contributed by atoms with Gasteiger partial charge in [-0.1, -0.05) is 53.5 Å². The first kappa shape index (κ1) is 33.6. The lowest BCUT2D eigenvalue weighted by Gasteiger charge is -2.28. The molecule has 1 aliphatic heterocycles. The molecule has 0 saturated carbocycles. The number of benzene rings is 3. The number of methoxy groups -OCH3 is 1. The van der Waals surface area contributed by atoms with Gasteiger partial charge >= 0.3 is 12.0 Å². The van der Waals surface area contributed by atoms with Crippen LogP contribution in [0.5, 0.6) is 11.5 Å². The number of urea groups is 1. The second-order valence-corrected chi connectivity index (χ2v) is 11.6. The van der Waals surface area contributed by atoms with Crippen LogP contribution in [0.4, 0.5) is 4.79 Å².